The maximum Gasteiger partial charge on any atom is 0.252 e. The summed E-state index contributed by atoms with van der Waals surface area (Å²) in [6.07, 6.45) is 2.37. The van der Waals surface area contributed by atoms with Crippen molar-refractivity contribution in [1.29, 1.82) is 0 Å². The summed E-state index contributed by atoms with van der Waals surface area (Å²) in [4.78, 5) is 11.9. The lowest BCUT2D eigenvalue weighted by Gasteiger charge is -2.36. The minimum atomic E-state index is -0.781. The van der Waals surface area contributed by atoms with Crippen LogP contribution in [0.15, 0.2) is 12.1 Å². The number of aliphatic hydroxyl groups is 1. The van der Waals surface area contributed by atoms with Gasteiger partial charge in [0.1, 0.15) is 5.82 Å². The van der Waals surface area contributed by atoms with Crippen molar-refractivity contribution in [2.24, 2.45) is 0 Å². The Labute approximate surface area is 110 Å². The fraction of sp³-hybridized carbons (Fsp3) is 0.462. The van der Waals surface area contributed by atoms with Crippen LogP contribution >= 0.6 is 11.6 Å². The van der Waals surface area contributed by atoms with Crippen molar-refractivity contribution in [2.75, 3.05) is 6.54 Å². The summed E-state index contributed by atoms with van der Waals surface area (Å²) >= 11 is 5.83. The largest absolute Gasteiger partial charge is 0.388 e. The molecule has 3 nitrogen and oxygen atoms in total. The molecular weight excluding hydrogens is 257 g/mol. The smallest absolute Gasteiger partial charge is 0.252 e. The molecule has 1 saturated carbocycles. The Kier molecular flexibility index (Phi) is 3.59. The monoisotopic (exact) mass is 271 g/mol. The molecule has 1 amide bonds. The molecule has 0 aliphatic heterocycles. The molecule has 0 unspecified atom stereocenters. The maximum absolute atomic E-state index is 13.2. The molecule has 1 fully saturated rings. The van der Waals surface area contributed by atoms with E-state index in [-0.39, 0.29) is 23.0 Å². The van der Waals surface area contributed by atoms with E-state index in [4.69, 9.17) is 11.6 Å². The van der Waals surface area contributed by atoms with Gasteiger partial charge in [0.25, 0.3) is 5.91 Å². The number of hydrogen-bond donors (Lipinski definition) is 2. The van der Waals surface area contributed by atoms with Gasteiger partial charge >= 0.3 is 0 Å². The number of rotatable bonds is 3. The summed E-state index contributed by atoms with van der Waals surface area (Å²) in [5.41, 5.74) is -0.178. The molecule has 18 heavy (non-hydrogen) atoms. The first-order chi connectivity index (χ1) is 8.41. The van der Waals surface area contributed by atoms with Gasteiger partial charge in [-0.25, -0.2) is 4.39 Å². The van der Waals surface area contributed by atoms with Gasteiger partial charge in [-0.1, -0.05) is 11.6 Å². The van der Waals surface area contributed by atoms with Crippen molar-refractivity contribution in [3.8, 4) is 0 Å². The van der Waals surface area contributed by atoms with Gasteiger partial charge in [-0.15, -0.1) is 0 Å². The average Bonchev–Trinajstić information content (AvgIpc) is 2.28. The zero-order valence-electron chi connectivity index (χ0n) is 10.1. The lowest BCUT2D eigenvalue weighted by Crippen LogP contribution is -2.47. The number of halogens is 2. The highest BCUT2D eigenvalue weighted by Gasteiger charge is 2.34. The summed E-state index contributed by atoms with van der Waals surface area (Å²) in [7, 11) is 0. The van der Waals surface area contributed by atoms with Crippen molar-refractivity contribution in [2.45, 2.75) is 31.8 Å². The molecule has 1 aromatic rings. The van der Waals surface area contributed by atoms with Crippen LogP contribution in [0.2, 0.25) is 5.02 Å². The van der Waals surface area contributed by atoms with Gasteiger partial charge in [0.05, 0.1) is 16.2 Å². The molecule has 0 heterocycles. The number of benzene rings is 1. The number of amides is 1. The third kappa shape index (κ3) is 2.65. The first-order valence-corrected chi connectivity index (χ1v) is 6.25. The molecule has 0 aromatic heterocycles. The predicted molar refractivity (Wildman–Crippen MR) is 67.3 cm³/mol. The van der Waals surface area contributed by atoms with Gasteiger partial charge in [-0.05, 0) is 43.9 Å². The quantitative estimate of drug-likeness (QED) is 0.887. The van der Waals surface area contributed by atoms with Crippen LogP contribution in [0.3, 0.4) is 0 Å². The molecular formula is C13H15ClFNO2. The Hall–Kier alpha value is -1.13. The van der Waals surface area contributed by atoms with Crippen LogP contribution in [-0.2, 0) is 0 Å². The van der Waals surface area contributed by atoms with Crippen LogP contribution in [0, 0.1) is 12.7 Å². The van der Waals surface area contributed by atoms with Crippen LogP contribution in [0.5, 0.6) is 0 Å². The minimum Gasteiger partial charge on any atom is -0.388 e. The van der Waals surface area contributed by atoms with E-state index >= 15 is 0 Å². The number of carbonyl (C=O) groups excluding carboxylic acids is 1. The highest BCUT2D eigenvalue weighted by Crippen LogP contribution is 2.30. The molecule has 1 aliphatic carbocycles. The minimum absolute atomic E-state index is 0.0798. The van der Waals surface area contributed by atoms with Gasteiger partial charge < -0.3 is 10.4 Å². The van der Waals surface area contributed by atoms with Gasteiger partial charge in [0.15, 0.2) is 0 Å². The second kappa shape index (κ2) is 4.86. The van der Waals surface area contributed by atoms with E-state index in [0.29, 0.717) is 18.4 Å². The van der Waals surface area contributed by atoms with Crippen LogP contribution in [0.4, 0.5) is 4.39 Å². The van der Waals surface area contributed by atoms with E-state index < -0.39 is 11.4 Å². The molecule has 2 N–H and O–H groups in total. The molecule has 0 bridgehead atoms. The lowest BCUT2D eigenvalue weighted by molar-refractivity contribution is -0.0300. The van der Waals surface area contributed by atoms with Gasteiger partial charge in [-0.2, -0.15) is 0 Å². The zero-order valence-corrected chi connectivity index (χ0v) is 10.9. The molecule has 1 aromatic carbocycles. The molecule has 0 radical (unpaired) electrons. The first kappa shape index (κ1) is 13.3. The molecule has 0 saturated heterocycles. The van der Waals surface area contributed by atoms with Crippen molar-refractivity contribution in [3.05, 3.63) is 34.1 Å². The predicted octanol–water partition coefficient (Wildman–Crippen LogP) is 2.43. The lowest BCUT2D eigenvalue weighted by atomic mass is 9.80. The molecule has 1 aliphatic rings. The topological polar surface area (TPSA) is 49.3 Å². The van der Waals surface area contributed by atoms with Crippen molar-refractivity contribution in [3.63, 3.8) is 0 Å². The van der Waals surface area contributed by atoms with Crippen LogP contribution in [-0.4, -0.2) is 23.2 Å². The van der Waals surface area contributed by atoms with E-state index in [1.165, 1.54) is 6.07 Å². The highest BCUT2D eigenvalue weighted by atomic mass is 35.5. The summed E-state index contributed by atoms with van der Waals surface area (Å²) in [5.74, 6) is -0.822. The van der Waals surface area contributed by atoms with Crippen LogP contribution < -0.4 is 5.32 Å². The summed E-state index contributed by atoms with van der Waals surface area (Å²) < 4.78 is 13.2. The average molecular weight is 272 g/mol. The Bertz CT molecular complexity index is 486. The van der Waals surface area contributed by atoms with Gasteiger partial charge in [0, 0.05) is 6.54 Å². The Morgan fingerprint density at radius 1 is 1.56 bits per heavy atom. The van der Waals surface area contributed by atoms with Crippen LogP contribution in [0.25, 0.3) is 0 Å². The number of nitrogens with one attached hydrogen (secondary N) is 1. The van der Waals surface area contributed by atoms with E-state index in [2.05, 4.69) is 5.32 Å². The number of hydrogen-bond acceptors (Lipinski definition) is 2. The first-order valence-electron chi connectivity index (χ1n) is 5.87. The van der Waals surface area contributed by atoms with E-state index in [1.807, 2.05) is 0 Å². The third-order valence-corrected chi connectivity index (χ3v) is 3.67. The van der Waals surface area contributed by atoms with Crippen molar-refractivity contribution in [1.82, 2.24) is 5.32 Å². The van der Waals surface area contributed by atoms with Gasteiger partial charge in [0.2, 0.25) is 0 Å². The second-order valence-electron chi connectivity index (χ2n) is 4.84. The summed E-state index contributed by atoms with van der Waals surface area (Å²) in [5, 5.41) is 12.6. The van der Waals surface area contributed by atoms with Crippen molar-refractivity contribution < 1.29 is 14.3 Å². The number of carbonyl (C=O) groups is 1. The summed E-state index contributed by atoms with van der Waals surface area (Å²) in [6, 6.07) is 2.54. The molecule has 2 rings (SSSR count). The summed E-state index contributed by atoms with van der Waals surface area (Å²) in [6.45, 7) is 1.78. The van der Waals surface area contributed by atoms with Crippen LogP contribution in [0.1, 0.15) is 35.2 Å². The molecule has 5 heteroatoms. The fourth-order valence-electron chi connectivity index (χ4n) is 1.93. The van der Waals surface area contributed by atoms with E-state index in [1.54, 1.807) is 6.92 Å². The van der Waals surface area contributed by atoms with Gasteiger partial charge in [-0.3, -0.25) is 4.79 Å². The van der Waals surface area contributed by atoms with E-state index in [9.17, 15) is 14.3 Å². The highest BCUT2D eigenvalue weighted by molar-refractivity contribution is 6.33. The Morgan fingerprint density at radius 2 is 2.22 bits per heavy atom. The maximum atomic E-state index is 13.2. The Morgan fingerprint density at radius 3 is 2.78 bits per heavy atom. The molecule has 0 atom stereocenters. The fourth-order valence-corrected chi connectivity index (χ4v) is 2.17. The van der Waals surface area contributed by atoms with E-state index in [0.717, 1.165) is 12.5 Å². The standard InChI is InChI=1S/C13H15ClFNO2/c1-8-5-9(10(14)6-11(8)15)12(17)16-7-13(18)3-2-4-13/h5-6,18H,2-4,7H2,1H3,(H,16,17). The Balaban J connectivity index is 2.06. The third-order valence-electron chi connectivity index (χ3n) is 3.36. The SMILES string of the molecule is Cc1cc(C(=O)NCC2(O)CCC2)c(Cl)cc1F. The van der Waals surface area contributed by atoms with Crippen molar-refractivity contribution >= 4 is 17.5 Å². The zero-order chi connectivity index (χ0) is 13.3. The molecule has 98 valence electrons. The second-order valence-corrected chi connectivity index (χ2v) is 5.25. The normalized spacial score (nSPS) is 17.1. The molecule has 0 spiro atoms. The number of aryl methyl sites for hydroxylation is 1.